The zero-order valence-corrected chi connectivity index (χ0v) is 12.4. The van der Waals surface area contributed by atoms with Crippen LogP contribution in [0.25, 0.3) is 0 Å². The Balaban J connectivity index is 0.00000180. The normalized spacial score (nSPS) is 17.2. The van der Waals surface area contributed by atoms with E-state index in [9.17, 15) is 4.79 Å². The molecule has 0 aromatic carbocycles. The second-order valence-corrected chi connectivity index (χ2v) is 5.03. The monoisotopic (exact) mass is 286 g/mol. The first-order valence-electron chi connectivity index (χ1n) is 6.70. The second-order valence-electron chi connectivity index (χ2n) is 5.03. The van der Waals surface area contributed by atoms with Crippen LogP contribution in [-0.4, -0.2) is 33.7 Å². The van der Waals surface area contributed by atoms with Crippen LogP contribution in [0.1, 0.15) is 54.7 Å². The van der Waals surface area contributed by atoms with E-state index in [0.29, 0.717) is 12.5 Å². The molecule has 5 nitrogen and oxygen atoms in total. The molecule has 19 heavy (non-hydrogen) atoms. The van der Waals surface area contributed by atoms with Crippen molar-refractivity contribution in [1.82, 2.24) is 14.8 Å². The van der Waals surface area contributed by atoms with E-state index in [4.69, 9.17) is 5.84 Å². The Kier molecular flexibility index (Phi) is 5.97. The molecule has 0 bridgehead atoms. The number of nitrogens with zero attached hydrogens (tertiary/aromatic N) is 3. The molecule has 1 saturated heterocycles. The standard InChI is InChI=1S/C13H22N4O.ClH/c1-3-4-13(18)12-9-15-17(10(12)2)11-5-7-16(14)8-6-11;/h9,11H,3-8,14H2,1-2H3;1H. The van der Waals surface area contributed by atoms with Crippen molar-refractivity contribution in [3.05, 3.63) is 17.5 Å². The van der Waals surface area contributed by atoms with E-state index in [1.165, 1.54) is 0 Å². The molecule has 1 fully saturated rings. The van der Waals surface area contributed by atoms with Gasteiger partial charge < -0.3 is 0 Å². The van der Waals surface area contributed by atoms with Gasteiger partial charge in [0.2, 0.25) is 0 Å². The molecule has 6 heteroatoms. The summed E-state index contributed by atoms with van der Waals surface area (Å²) in [4.78, 5) is 11.9. The van der Waals surface area contributed by atoms with Crippen LogP contribution in [0.5, 0.6) is 0 Å². The third kappa shape index (κ3) is 3.55. The Morgan fingerprint density at radius 1 is 1.47 bits per heavy atom. The van der Waals surface area contributed by atoms with Gasteiger partial charge in [-0.2, -0.15) is 5.10 Å². The quantitative estimate of drug-likeness (QED) is 0.680. The number of aromatic nitrogens is 2. The van der Waals surface area contributed by atoms with Gasteiger partial charge in [-0.05, 0) is 26.2 Å². The molecular weight excluding hydrogens is 264 g/mol. The van der Waals surface area contributed by atoms with Gasteiger partial charge in [-0.3, -0.25) is 15.3 Å². The maximum absolute atomic E-state index is 11.9. The molecule has 2 N–H and O–H groups in total. The molecule has 1 aromatic heterocycles. The summed E-state index contributed by atoms with van der Waals surface area (Å²) >= 11 is 0. The summed E-state index contributed by atoms with van der Waals surface area (Å²) < 4.78 is 2.01. The second kappa shape index (κ2) is 7.03. The highest BCUT2D eigenvalue weighted by Crippen LogP contribution is 2.23. The fourth-order valence-corrected chi connectivity index (χ4v) is 2.56. The predicted molar refractivity (Wildman–Crippen MR) is 77.5 cm³/mol. The number of carbonyl (C=O) groups is 1. The lowest BCUT2D eigenvalue weighted by Crippen LogP contribution is -2.39. The number of halogens is 1. The van der Waals surface area contributed by atoms with E-state index in [1.54, 1.807) is 6.20 Å². The minimum Gasteiger partial charge on any atom is -0.294 e. The average molecular weight is 287 g/mol. The predicted octanol–water partition coefficient (Wildman–Crippen LogP) is 2.11. The van der Waals surface area contributed by atoms with Gasteiger partial charge >= 0.3 is 0 Å². The first-order chi connectivity index (χ1) is 8.63. The Morgan fingerprint density at radius 2 is 2.11 bits per heavy atom. The molecule has 0 aliphatic carbocycles. The molecule has 0 radical (unpaired) electrons. The number of piperidine rings is 1. The van der Waals surface area contributed by atoms with Crippen LogP contribution >= 0.6 is 12.4 Å². The van der Waals surface area contributed by atoms with Crippen molar-refractivity contribution in [2.24, 2.45) is 5.84 Å². The van der Waals surface area contributed by atoms with Gasteiger partial charge in [-0.15, -0.1) is 12.4 Å². The molecule has 1 aliphatic heterocycles. The first-order valence-corrected chi connectivity index (χ1v) is 6.70. The molecule has 1 aliphatic rings. The maximum atomic E-state index is 11.9. The highest BCUT2D eigenvalue weighted by molar-refractivity contribution is 5.96. The van der Waals surface area contributed by atoms with E-state index < -0.39 is 0 Å². The summed E-state index contributed by atoms with van der Waals surface area (Å²) in [5, 5.41) is 6.25. The van der Waals surface area contributed by atoms with Crippen LogP contribution in [0.3, 0.4) is 0 Å². The van der Waals surface area contributed by atoms with E-state index in [2.05, 4.69) is 5.10 Å². The average Bonchev–Trinajstić information content (AvgIpc) is 2.73. The molecule has 2 rings (SSSR count). The van der Waals surface area contributed by atoms with Crippen molar-refractivity contribution in [2.45, 2.75) is 45.6 Å². The smallest absolute Gasteiger partial charge is 0.166 e. The fraction of sp³-hybridized carbons (Fsp3) is 0.692. The van der Waals surface area contributed by atoms with Crippen LogP contribution in [0.4, 0.5) is 0 Å². The molecule has 0 atom stereocenters. The Bertz CT molecular complexity index is 424. The van der Waals surface area contributed by atoms with Gasteiger partial charge in [0.05, 0.1) is 17.8 Å². The number of Topliss-reactive ketones (excluding diaryl/α,β-unsaturated/α-hetero) is 1. The van der Waals surface area contributed by atoms with Crippen molar-refractivity contribution < 1.29 is 4.79 Å². The van der Waals surface area contributed by atoms with E-state index in [1.807, 2.05) is 23.5 Å². The number of hydrazine groups is 1. The molecule has 0 unspecified atom stereocenters. The SMILES string of the molecule is CCCC(=O)c1cnn(C2CCN(N)CC2)c1C.Cl. The number of carbonyl (C=O) groups excluding carboxylic acids is 1. The van der Waals surface area contributed by atoms with Crippen LogP contribution in [0, 0.1) is 6.92 Å². The fourth-order valence-electron chi connectivity index (χ4n) is 2.56. The highest BCUT2D eigenvalue weighted by atomic mass is 35.5. The summed E-state index contributed by atoms with van der Waals surface area (Å²) in [5.41, 5.74) is 1.79. The lowest BCUT2D eigenvalue weighted by atomic mass is 10.0. The number of ketones is 1. The zero-order valence-electron chi connectivity index (χ0n) is 11.6. The highest BCUT2D eigenvalue weighted by Gasteiger charge is 2.22. The lowest BCUT2D eigenvalue weighted by molar-refractivity contribution is 0.0980. The van der Waals surface area contributed by atoms with Crippen molar-refractivity contribution in [1.29, 1.82) is 0 Å². The minimum absolute atomic E-state index is 0. The zero-order chi connectivity index (χ0) is 13.1. The summed E-state index contributed by atoms with van der Waals surface area (Å²) in [5.74, 6) is 5.96. The third-order valence-electron chi connectivity index (χ3n) is 3.67. The van der Waals surface area contributed by atoms with Crippen molar-refractivity contribution in [2.75, 3.05) is 13.1 Å². The topological polar surface area (TPSA) is 64.2 Å². The Labute approximate surface area is 120 Å². The van der Waals surface area contributed by atoms with Gasteiger partial charge in [0.25, 0.3) is 0 Å². The molecule has 2 heterocycles. The van der Waals surface area contributed by atoms with Gasteiger partial charge in [-0.1, -0.05) is 6.92 Å². The van der Waals surface area contributed by atoms with Crippen LogP contribution in [0.15, 0.2) is 6.20 Å². The van der Waals surface area contributed by atoms with Crippen molar-refractivity contribution in [3.63, 3.8) is 0 Å². The van der Waals surface area contributed by atoms with E-state index in [0.717, 1.165) is 43.6 Å². The van der Waals surface area contributed by atoms with Crippen LogP contribution in [0.2, 0.25) is 0 Å². The molecule has 108 valence electrons. The van der Waals surface area contributed by atoms with Gasteiger partial charge in [0.1, 0.15) is 0 Å². The summed E-state index contributed by atoms with van der Waals surface area (Å²) in [7, 11) is 0. The van der Waals surface area contributed by atoms with Gasteiger partial charge in [-0.25, -0.2) is 5.01 Å². The summed E-state index contributed by atoms with van der Waals surface area (Å²) in [6.45, 7) is 5.80. The minimum atomic E-state index is 0. The summed E-state index contributed by atoms with van der Waals surface area (Å²) in [6.07, 6.45) is 5.21. The number of rotatable bonds is 4. The summed E-state index contributed by atoms with van der Waals surface area (Å²) in [6, 6.07) is 0.382. The van der Waals surface area contributed by atoms with Crippen molar-refractivity contribution in [3.8, 4) is 0 Å². The molecule has 0 saturated carbocycles. The largest absolute Gasteiger partial charge is 0.294 e. The molecule has 0 amide bonds. The molecule has 0 spiro atoms. The number of nitrogens with two attached hydrogens (primary N) is 1. The van der Waals surface area contributed by atoms with Crippen LogP contribution < -0.4 is 5.84 Å². The number of hydrogen-bond donors (Lipinski definition) is 1. The van der Waals surface area contributed by atoms with Crippen LogP contribution in [-0.2, 0) is 0 Å². The van der Waals surface area contributed by atoms with E-state index in [-0.39, 0.29) is 18.2 Å². The Morgan fingerprint density at radius 3 is 2.68 bits per heavy atom. The lowest BCUT2D eigenvalue weighted by Gasteiger charge is -2.29. The third-order valence-corrected chi connectivity index (χ3v) is 3.67. The number of hydrogen-bond acceptors (Lipinski definition) is 4. The maximum Gasteiger partial charge on any atom is 0.166 e. The van der Waals surface area contributed by atoms with Gasteiger partial charge in [0, 0.05) is 25.2 Å². The van der Waals surface area contributed by atoms with Crippen molar-refractivity contribution >= 4 is 18.2 Å². The van der Waals surface area contributed by atoms with E-state index >= 15 is 0 Å². The Hall–Kier alpha value is -0.910. The molecule has 1 aromatic rings. The molecular formula is C13H23ClN4O. The first kappa shape index (κ1) is 16.1. The van der Waals surface area contributed by atoms with Gasteiger partial charge in [0.15, 0.2) is 5.78 Å².